The van der Waals surface area contributed by atoms with Gasteiger partial charge in [0.25, 0.3) is 0 Å². The Morgan fingerprint density at radius 2 is 0.960 bits per heavy atom. The average molecular weight is 363 g/mol. The lowest BCUT2D eigenvalue weighted by molar-refractivity contribution is -0.122. The van der Waals surface area contributed by atoms with Crippen LogP contribution < -0.4 is 0 Å². The van der Waals surface area contributed by atoms with Crippen molar-refractivity contribution in [2.45, 2.75) is 52.4 Å². The smallest absolute Gasteiger partial charge is 0.155 e. The Morgan fingerprint density at radius 1 is 0.560 bits per heavy atom. The molecular weight excluding hydrogens is 324 g/mol. The first-order valence-corrected chi connectivity index (χ1v) is 9.65. The topological polar surface area (TPSA) is 63.2 Å². The molecule has 150 valence electrons. The molecule has 0 unspecified atom stereocenters. The van der Waals surface area contributed by atoms with Gasteiger partial charge in [0, 0.05) is 6.61 Å². The molecule has 0 atom stereocenters. The Morgan fingerprint density at radius 3 is 1.44 bits per heavy atom. The van der Waals surface area contributed by atoms with E-state index in [4.69, 9.17) is 23.7 Å². The third-order valence-corrected chi connectivity index (χ3v) is 3.44. The van der Waals surface area contributed by atoms with Crippen LogP contribution in [0.2, 0.25) is 0 Å². The second kappa shape index (κ2) is 21.5. The van der Waals surface area contributed by atoms with Gasteiger partial charge in [-0.3, -0.25) is 4.79 Å². The number of ether oxygens (including phenoxy) is 5. The molecule has 0 saturated carbocycles. The van der Waals surface area contributed by atoms with Crippen molar-refractivity contribution in [1.29, 1.82) is 0 Å². The van der Waals surface area contributed by atoms with Gasteiger partial charge in [0.15, 0.2) is 5.78 Å². The first-order valence-electron chi connectivity index (χ1n) is 9.65. The van der Waals surface area contributed by atoms with Gasteiger partial charge in [0.2, 0.25) is 0 Å². The second-order valence-corrected chi connectivity index (χ2v) is 5.97. The van der Waals surface area contributed by atoms with Crippen LogP contribution in [0.25, 0.3) is 0 Å². The van der Waals surface area contributed by atoms with E-state index in [9.17, 15) is 4.79 Å². The summed E-state index contributed by atoms with van der Waals surface area (Å²) in [6.07, 6.45) is 7.71. The number of rotatable bonds is 21. The molecule has 0 aromatic heterocycles. The van der Waals surface area contributed by atoms with Crippen molar-refractivity contribution in [3.63, 3.8) is 0 Å². The molecule has 6 heteroatoms. The van der Waals surface area contributed by atoms with E-state index < -0.39 is 0 Å². The summed E-state index contributed by atoms with van der Waals surface area (Å²) in [5.74, 6) is 0.0242. The molecule has 0 N–H and O–H groups in total. The summed E-state index contributed by atoms with van der Waals surface area (Å²) in [5, 5.41) is 0. The summed E-state index contributed by atoms with van der Waals surface area (Å²) >= 11 is 0. The van der Waals surface area contributed by atoms with Crippen LogP contribution in [0, 0.1) is 0 Å². The predicted molar refractivity (Wildman–Crippen MR) is 98.2 cm³/mol. The Hall–Kier alpha value is -0.530. The predicted octanol–water partition coefficient (Wildman–Crippen LogP) is 3.02. The van der Waals surface area contributed by atoms with E-state index in [2.05, 4.69) is 6.92 Å². The van der Waals surface area contributed by atoms with Crippen LogP contribution in [0.1, 0.15) is 52.4 Å². The molecule has 0 spiro atoms. The lowest BCUT2D eigenvalue weighted by Gasteiger charge is -2.07. The number of carbonyl (C=O) groups is 1. The van der Waals surface area contributed by atoms with E-state index >= 15 is 0 Å². The highest BCUT2D eigenvalue weighted by Crippen LogP contribution is 2.04. The van der Waals surface area contributed by atoms with Crippen molar-refractivity contribution in [2.24, 2.45) is 0 Å². The third-order valence-electron chi connectivity index (χ3n) is 3.44. The number of unbranched alkanes of at least 4 members (excludes halogenated alkanes) is 5. The molecule has 0 radical (unpaired) electrons. The molecule has 0 aliphatic carbocycles. The van der Waals surface area contributed by atoms with Gasteiger partial charge in [-0.05, 0) is 13.3 Å². The zero-order valence-corrected chi connectivity index (χ0v) is 16.3. The first-order chi connectivity index (χ1) is 12.3. The maximum atomic E-state index is 10.6. The van der Waals surface area contributed by atoms with Crippen molar-refractivity contribution in [1.82, 2.24) is 0 Å². The zero-order valence-electron chi connectivity index (χ0n) is 16.3. The summed E-state index contributed by atoms with van der Waals surface area (Å²) < 4.78 is 26.7. The Bertz CT molecular complexity index is 273. The highest BCUT2D eigenvalue weighted by molar-refractivity contribution is 5.76. The number of Topliss-reactive ketones (excluding diaryl/α,β-unsaturated/α-hetero) is 1. The summed E-state index contributed by atoms with van der Waals surface area (Å²) in [4.78, 5) is 10.6. The Labute approximate surface area is 153 Å². The molecule has 0 saturated heterocycles. The van der Waals surface area contributed by atoms with E-state index in [1.807, 2.05) is 0 Å². The highest BCUT2D eigenvalue weighted by atomic mass is 16.6. The van der Waals surface area contributed by atoms with Gasteiger partial charge >= 0.3 is 0 Å². The molecule has 0 aromatic carbocycles. The number of carbonyl (C=O) groups excluding carboxylic acids is 1. The largest absolute Gasteiger partial charge is 0.379 e. The summed E-state index contributed by atoms with van der Waals surface area (Å²) in [6.45, 7) is 9.07. The number of hydrogen-bond acceptors (Lipinski definition) is 6. The Balaban J connectivity index is 2.97. The van der Waals surface area contributed by atoms with Gasteiger partial charge in [-0.1, -0.05) is 39.0 Å². The summed E-state index contributed by atoms with van der Waals surface area (Å²) in [7, 11) is 0. The van der Waals surface area contributed by atoms with Crippen LogP contribution in [0.5, 0.6) is 0 Å². The van der Waals surface area contributed by atoms with E-state index in [0.29, 0.717) is 52.9 Å². The lowest BCUT2D eigenvalue weighted by Crippen LogP contribution is -2.14. The fraction of sp³-hybridized carbons (Fsp3) is 0.947. The van der Waals surface area contributed by atoms with Gasteiger partial charge in [0.05, 0.1) is 52.9 Å². The van der Waals surface area contributed by atoms with Crippen molar-refractivity contribution in [3.05, 3.63) is 0 Å². The van der Waals surface area contributed by atoms with Gasteiger partial charge in [-0.15, -0.1) is 0 Å². The normalized spacial score (nSPS) is 11.1. The molecule has 25 heavy (non-hydrogen) atoms. The minimum atomic E-state index is 0.0242. The van der Waals surface area contributed by atoms with E-state index in [-0.39, 0.29) is 12.4 Å². The van der Waals surface area contributed by atoms with Gasteiger partial charge < -0.3 is 23.7 Å². The molecule has 0 rings (SSSR count). The van der Waals surface area contributed by atoms with Crippen molar-refractivity contribution in [3.8, 4) is 0 Å². The van der Waals surface area contributed by atoms with Crippen LogP contribution in [-0.2, 0) is 28.5 Å². The fourth-order valence-electron chi connectivity index (χ4n) is 2.08. The maximum absolute atomic E-state index is 10.6. The molecule has 0 aliphatic heterocycles. The Kier molecular flexibility index (Phi) is 21.1. The summed E-state index contributed by atoms with van der Waals surface area (Å²) in [6, 6.07) is 0. The fourth-order valence-corrected chi connectivity index (χ4v) is 2.08. The van der Waals surface area contributed by atoms with Crippen LogP contribution in [0.3, 0.4) is 0 Å². The molecule has 0 aromatic rings. The van der Waals surface area contributed by atoms with E-state index in [1.54, 1.807) is 0 Å². The zero-order chi connectivity index (χ0) is 18.4. The van der Waals surface area contributed by atoms with Crippen molar-refractivity contribution < 1.29 is 28.5 Å². The standard InChI is InChI=1S/C19H38O6/c1-3-4-5-6-7-8-9-21-10-11-22-12-13-23-14-15-24-16-17-25-18-19(2)20/h3-18H2,1-2H3. The molecule has 0 amide bonds. The van der Waals surface area contributed by atoms with Crippen LogP contribution >= 0.6 is 0 Å². The third kappa shape index (κ3) is 23.5. The number of hydrogen-bond donors (Lipinski definition) is 0. The van der Waals surface area contributed by atoms with Crippen LogP contribution in [0.15, 0.2) is 0 Å². The number of ketones is 1. The van der Waals surface area contributed by atoms with Crippen molar-refractivity contribution >= 4 is 5.78 Å². The minimum absolute atomic E-state index is 0.0242. The monoisotopic (exact) mass is 362 g/mol. The average Bonchev–Trinajstić information content (AvgIpc) is 2.60. The van der Waals surface area contributed by atoms with Gasteiger partial charge in [-0.25, -0.2) is 0 Å². The molecule has 0 bridgehead atoms. The first kappa shape index (κ1) is 24.5. The lowest BCUT2D eigenvalue weighted by atomic mass is 10.1. The van der Waals surface area contributed by atoms with Gasteiger partial charge in [-0.2, -0.15) is 0 Å². The van der Waals surface area contributed by atoms with Crippen LogP contribution in [0.4, 0.5) is 0 Å². The summed E-state index contributed by atoms with van der Waals surface area (Å²) in [5.41, 5.74) is 0. The highest BCUT2D eigenvalue weighted by Gasteiger charge is 1.95. The van der Waals surface area contributed by atoms with Crippen molar-refractivity contribution in [2.75, 3.05) is 66.1 Å². The van der Waals surface area contributed by atoms with Gasteiger partial charge in [0.1, 0.15) is 6.61 Å². The maximum Gasteiger partial charge on any atom is 0.155 e. The molecule has 0 fully saturated rings. The minimum Gasteiger partial charge on any atom is -0.379 e. The molecule has 6 nitrogen and oxygen atoms in total. The van der Waals surface area contributed by atoms with E-state index in [1.165, 1.54) is 39.0 Å². The van der Waals surface area contributed by atoms with E-state index in [0.717, 1.165) is 13.0 Å². The SMILES string of the molecule is CCCCCCCCOCCOCCOCCOCCOCC(C)=O. The molecule has 0 heterocycles. The second-order valence-electron chi connectivity index (χ2n) is 5.97. The molecule has 0 aliphatic rings. The molecular formula is C19H38O6. The quantitative estimate of drug-likeness (QED) is 0.293. The van der Waals surface area contributed by atoms with Crippen LogP contribution in [-0.4, -0.2) is 71.9 Å².